The number of carbonyl (C=O) groups excluding carboxylic acids is 1. The number of amides is 1. The van der Waals surface area contributed by atoms with Crippen LogP contribution < -0.4 is 5.32 Å². The lowest BCUT2D eigenvalue weighted by molar-refractivity contribution is 0.102. The number of halogens is 1. The largest absolute Gasteiger partial charge is 0.305 e. The summed E-state index contributed by atoms with van der Waals surface area (Å²) in [5, 5.41) is 12.5. The van der Waals surface area contributed by atoms with Crippen molar-refractivity contribution < 1.29 is 4.79 Å². The van der Waals surface area contributed by atoms with Crippen molar-refractivity contribution in [2.24, 2.45) is 0 Å². The SMILES string of the molecule is Cc1ccc(-c2ccnc3c(C(=O)Nc4cc(C)n(Cc5ccc(Cl)cc5)n4)cnn23)cc1. The molecule has 0 unspecified atom stereocenters. The number of hydrogen-bond donors (Lipinski definition) is 1. The molecular weight excluding hydrogens is 436 g/mol. The van der Waals surface area contributed by atoms with Crippen LogP contribution in [0.2, 0.25) is 5.02 Å². The molecule has 7 nitrogen and oxygen atoms in total. The van der Waals surface area contributed by atoms with Crippen molar-refractivity contribution in [3.63, 3.8) is 0 Å². The van der Waals surface area contributed by atoms with Crippen molar-refractivity contribution in [2.75, 3.05) is 5.32 Å². The first-order valence-corrected chi connectivity index (χ1v) is 10.9. The second kappa shape index (κ2) is 8.52. The molecule has 164 valence electrons. The van der Waals surface area contributed by atoms with Crippen LogP contribution in [0.25, 0.3) is 16.9 Å². The summed E-state index contributed by atoms with van der Waals surface area (Å²) >= 11 is 5.97. The number of rotatable bonds is 5. The smallest absolute Gasteiger partial charge is 0.262 e. The van der Waals surface area contributed by atoms with Gasteiger partial charge in [-0.3, -0.25) is 9.48 Å². The summed E-state index contributed by atoms with van der Waals surface area (Å²) in [6.07, 6.45) is 3.22. The van der Waals surface area contributed by atoms with E-state index in [-0.39, 0.29) is 5.91 Å². The maximum atomic E-state index is 13.0. The molecule has 0 aliphatic rings. The van der Waals surface area contributed by atoms with Gasteiger partial charge in [-0.25, -0.2) is 9.50 Å². The first-order chi connectivity index (χ1) is 16.0. The molecule has 1 N–H and O–H groups in total. The quantitative estimate of drug-likeness (QED) is 0.396. The molecule has 0 aliphatic carbocycles. The van der Waals surface area contributed by atoms with Gasteiger partial charge in [-0.15, -0.1) is 0 Å². The number of anilines is 1. The third kappa shape index (κ3) is 4.23. The molecule has 3 heterocycles. The number of hydrogen-bond acceptors (Lipinski definition) is 4. The normalized spacial score (nSPS) is 11.1. The van der Waals surface area contributed by atoms with Crippen LogP contribution in [0.15, 0.2) is 73.1 Å². The van der Waals surface area contributed by atoms with E-state index in [1.807, 2.05) is 79.2 Å². The molecular formula is C25H21ClN6O. The van der Waals surface area contributed by atoms with Crippen LogP contribution in [0.3, 0.4) is 0 Å². The summed E-state index contributed by atoms with van der Waals surface area (Å²) in [6, 6.07) is 19.5. The Kier molecular flexibility index (Phi) is 5.40. The highest BCUT2D eigenvalue weighted by Gasteiger charge is 2.18. The van der Waals surface area contributed by atoms with E-state index in [1.165, 1.54) is 11.8 Å². The van der Waals surface area contributed by atoms with Crippen LogP contribution in [-0.4, -0.2) is 30.3 Å². The van der Waals surface area contributed by atoms with Crippen molar-refractivity contribution in [1.29, 1.82) is 0 Å². The van der Waals surface area contributed by atoms with E-state index in [4.69, 9.17) is 11.6 Å². The molecule has 8 heteroatoms. The fourth-order valence-electron chi connectivity index (χ4n) is 3.67. The van der Waals surface area contributed by atoms with Gasteiger partial charge in [-0.05, 0) is 37.6 Å². The molecule has 2 aromatic carbocycles. The van der Waals surface area contributed by atoms with E-state index < -0.39 is 0 Å². The number of nitrogens with one attached hydrogen (secondary N) is 1. The zero-order chi connectivity index (χ0) is 22.9. The summed E-state index contributed by atoms with van der Waals surface area (Å²) in [4.78, 5) is 17.4. The van der Waals surface area contributed by atoms with Gasteiger partial charge >= 0.3 is 0 Å². The molecule has 0 saturated carbocycles. The monoisotopic (exact) mass is 456 g/mol. The van der Waals surface area contributed by atoms with Crippen molar-refractivity contribution in [2.45, 2.75) is 20.4 Å². The Hall–Kier alpha value is -3.97. The molecule has 0 radical (unpaired) electrons. The Morgan fingerprint density at radius 1 is 1.03 bits per heavy atom. The predicted molar refractivity (Wildman–Crippen MR) is 129 cm³/mol. The molecule has 1 amide bonds. The average molecular weight is 457 g/mol. The topological polar surface area (TPSA) is 77.1 Å². The van der Waals surface area contributed by atoms with Gasteiger partial charge in [0.25, 0.3) is 5.91 Å². The van der Waals surface area contributed by atoms with Gasteiger partial charge in [-0.1, -0.05) is 53.6 Å². The van der Waals surface area contributed by atoms with Crippen molar-refractivity contribution in [3.8, 4) is 11.3 Å². The van der Waals surface area contributed by atoms with E-state index in [0.717, 1.165) is 22.5 Å². The molecule has 0 atom stereocenters. The van der Waals surface area contributed by atoms with E-state index in [9.17, 15) is 4.79 Å². The second-order valence-electron chi connectivity index (χ2n) is 7.90. The molecule has 3 aromatic heterocycles. The van der Waals surface area contributed by atoms with Crippen LogP contribution in [0, 0.1) is 13.8 Å². The summed E-state index contributed by atoms with van der Waals surface area (Å²) in [5.41, 5.74) is 5.91. The summed E-state index contributed by atoms with van der Waals surface area (Å²) in [5.74, 6) is 0.162. The molecule has 0 saturated heterocycles. The molecule has 33 heavy (non-hydrogen) atoms. The van der Waals surface area contributed by atoms with Crippen molar-refractivity contribution >= 4 is 29.0 Å². The van der Waals surface area contributed by atoms with Crippen molar-refractivity contribution in [3.05, 3.63) is 100 Å². The second-order valence-corrected chi connectivity index (χ2v) is 8.34. The zero-order valence-corrected chi connectivity index (χ0v) is 18.9. The number of aromatic nitrogens is 5. The maximum Gasteiger partial charge on any atom is 0.262 e. The highest BCUT2D eigenvalue weighted by Crippen LogP contribution is 2.22. The Morgan fingerprint density at radius 3 is 2.55 bits per heavy atom. The molecule has 5 rings (SSSR count). The van der Waals surface area contributed by atoms with E-state index in [1.54, 1.807) is 10.7 Å². The molecule has 5 aromatic rings. The maximum absolute atomic E-state index is 13.0. The fourth-order valence-corrected chi connectivity index (χ4v) is 3.80. The highest BCUT2D eigenvalue weighted by atomic mass is 35.5. The zero-order valence-electron chi connectivity index (χ0n) is 18.2. The van der Waals surface area contributed by atoms with Crippen LogP contribution in [0.4, 0.5) is 5.82 Å². The Bertz CT molecular complexity index is 1450. The number of benzene rings is 2. The number of aryl methyl sites for hydroxylation is 2. The third-order valence-corrected chi connectivity index (χ3v) is 5.71. The minimum atomic E-state index is -0.310. The van der Waals surface area contributed by atoms with Gasteiger partial charge in [0.2, 0.25) is 0 Å². The Morgan fingerprint density at radius 2 is 1.79 bits per heavy atom. The van der Waals surface area contributed by atoms with Crippen LogP contribution >= 0.6 is 11.6 Å². The van der Waals surface area contributed by atoms with Gasteiger partial charge in [0.1, 0.15) is 5.56 Å². The van der Waals surface area contributed by atoms with Gasteiger partial charge in [0, 0.05) is 28.5 Å². The molecule has 0 fully saturated rings. The predicted octanol–water partition coefficient (Wildman–Crippen LogP) is 5.16. The van der Waals surface area contributed by atoms with E-state index in [0.29, 0.717) is 28.6 Å². The van der Waals surface area contributed by atoms with Crippen LogP contribution in [-0.2, 0) is 6.54 Å². The third-order valence-electron chi connectivity index (χ3n) is 5.46. The Labute approximate surface area is 195 Å². The van der Waals surface area contributed by atoms with E-state index in [2.05, 4.69) is 20.5 Å². The minimum Gasteiger partial charge on any atom is -0.305 e. The van der Waals surface area contributed by atoms with Gasteiger partial charge in [-0.2, -0.15) is 10.2 Å². The van der Waals surface area contributed by atoms with Gasteiger partial charge in [0.05, 0.1) is 18.4 Å². The molecule has 0 spiro atoms. The molecule has 0 aliphatic heterocycles. The summed E-state index contributed by atoms with van der Waals surface area (Å²) in [6.45, 7) is 4.57. The first kappa shape index (κ1) is 20.9. The number of nitrogens with zero attached hydrogens (tertiary/aromatic N) is 5. The fraction of sp³-hybridized carbons (Fsp3) is 0.120. The highest BCUT2D eigenvalue weighted by molar-refractivity contribution is 6.30. The van der Waals surface area contributed by atoms with Gasteiger partial charge < -0.3 is 5.32 Å². The van der Waals surface area contributed by atoms with Gasteiger partial charge in [0.15, 0.2) is 11.5 Å². The first-order valence-electron chi connectivity index (χ1n) is 10.5. The summed E-state index contributed by atoms with van der Waals surface area (Å²) in [7, 11) is 0. The summed E-state index contributed by atoms with van der Waals surface area (Å²) < 4.78 is 3.52. The minimum absolute atomic E-state index is 0.310. The van der Waals surface area contributed by atoms with E-state index >= 15 is 0 Å². The number of fused-ring (bicyclic) bond motifs is 1. The van der Waals surface area contributed by atoms with Crippen LogP contribution in [0.5, 0.6) is 0 Å². The number of carbonyl (C=O) groups is 1. The lowest BCUT2D eigenvalue weighted by Gasteiger charge is -2.06. The Balaban J connectivity index is 1.39. The lowest BCUT2D eigenvalue weighted by Crippen LogP contribution is -2.13. The standard InChI is InChI=1S/C25H21ClN6O/c1-16-3-7-19(8-4-16)22-11-12-27-24-21(14-28-32(22)24)25(33)29-23-13-17(2)31(30-23)15-18-5-9-20(26)10-6-18/h3-14H,15H2,1-2H3,(H,29,30,33). The molecule has 0 bridgehead atoms. The van der Waals surface area contributed by atoms with Crippen LogP contribution in [0.1, 0.15) is 27.2 Å². The van der Waals surface area contributed by atoms with Crippen molar-refractivity contribution in [1.82, 2.24) is 24.4 Å². The lowest BCUT2D eigenvalue weighted by atomic mass is 10.1. The average Bonchev–Trinajstić information content (AvgIpc) is 3.39.